The molecule has 130 valence electrons. The molecule has 0 spiro atoms. The molecular formula is C19H23N5O. The van der Waals surface area contributed by atoms with Gasteiger partial charge >= 0.3 is 0 Å². The number of aliphatic imine (C=N–C) groups is 1. The van der Waals surface area contributed by atoms with Crippen LogP contribution in [0.1, 0.15) is 66.7 Å². The summed E-state index contributed by atoms with van der Waals surface area (Å²) < 4.78 is 1.81. The highest BCUT2D eigenvalue weighted by atomic mass is 16.2. The Kier molecular flexibility index (Phi) is 4.34. The summed E-state index contributed by atoms with van der Waals surface area (Å²) in [6.07, 6.45) is 9.52. The van der Waals surface area contributed by atoms with Crippen molar-refractivity contribution < 1.29 is 4.79 Å². The molecule has 1 amide bonds. The second kappa shape index (κ2) is 6.78. The standard InChI is InChI=1S/C19H23N5O/c1-2-24-18-17(16(23-24)14-6-4-3-5-7-14)22-15(12-21-19(18)25)13-8-10-20-11-9-13/h8-11,14H,2-7,12H2,1H3,(H,21,25). The molecule has 25 heavy (non-hydrogen) atoms. The summed E-state index contributed by atoms with van der Waals surface area (Å²) >= 11 is 0. The van der Waals surface area contributed by atoms with Crippen molar-refractivity contribution in [3.63, 3.8) is 0 Å². The molecule has 6 heteroatoms. The number of pyridine rings is 1. The van der Waals surface area contributed by atoms with E-state index in [-0.39, 0.29) is 5.91 Å². The van der Waals surface area contributed by atoms with Crippen molar-refractivity contribution in [2.24, 2.45) is 4.99 Å². The van der Waals surface area contributed by atoms with Crippen molar-refractivity contribution in [1.29, 1.82) is 0 Å². The fraction of sp³-hybridized carbons (Fsp3) is 0.474. The van der Waals surface area contributed by atoms with E-state index in [4.69, 9.17) is 10.1 Å². The Balaban J connectivity index is 1.85. The second-order valence-corrected chi connectivity index (χ2v) is 6.71. The van der Waals surface area contributed by atoms with Crippen molar-refractivity contribution in [3.05, 3.63) is 41.5 Å². The van der Waals surface area contributed by atoms with E-state index in [1.165, 1.54) is 19.3 Å². The van der Waals surface area contributed by atoms with Gasteiger partial charge in [-0.05, 0) is 31.9 Å². The lowest BCUT2D eigenvalue weighted by molar-refractivity contribution is 0.0950. The number of fused-ring (bicyclic) bond motifs is 1. The first-order valence-corrected chi connectivity index (χ1v) is 9.14. The molecule has 1 aliphatic carbocycles. The van der Waals surface area contributed by atoms with Crippen molar-refractivity contribution >= 4 is 17.3 Å². The van der Waals surface area contributed by atoms with Crippen LogP contribution >= 0.6 is 0 Å². The highest BCUT2D eigenvalue weighted by Gasteiger charge is 2.30. The molecule has 1 N–H and O–H groups in total. The van der Waals surface area contributed by atoms with Crippen LogP contribution in [0, 0.1) is 0 Å². The van der Waals surface area contributed by atoms with Crippen LogP contribution in [0.25, 0.3) is 0 Å². The monoisotopic (exact) mass is 337 g/mol. The van der Waals surface area contributed by atoms with Gasteiger partial charge in [-0.1, -0.05) is 19.3 Å². The van der Waals surface area contributed by atoms with Crippen LogP contribution in [0.3, 0.4) is 0 Å². The lowest BCUT2D eigenvalue weighted by atomic mass is 9.86. The number of nitrogens with one attached hydrogen (secondary N) is 1. The van der Waals surface area contributed by atoms with Gasteiger partial charge in [0, 0.05) is 30.4 Å². The van der Waals surface area contributed by atoms with Gasteiger partial charge in [-0.2, -0.15) is 5.10 Å². The minimum atomic E-state index is -0.0841. The van der Waals surface area contributed by atoms with Gasteiger partial charge in [0.05, 0.1) is 18.0 Å². The highest BCUT2D eigenvalue weighted by molar-refractivity contribution is 6.10. The largest absolute Gasteiger partial charge is 0.345 e. The summed E-state index contributed by atoms with van der Waals surface area (Å²) in [7, 11) is 0. The van der Waals surface area contributed by atoms with E-state index >= 15 is 0 Å². The minimum absolute atomic E-state index is 0.0841. The zero-order chi connectivity index (χ0) is 17.2. The number of rotatable bonds is 3. The molecule has 1 fully saturated rings. The maximum absolute atomic E-state index is 12.7. The number of amides is 1. The molecule has 2 aromatic rings. The molecule has 2 aromatic heterocycles. The third-order valence-electron chi connectivity index (χ3n) is 5.14. The zero-order valence-corrected chi connectivity index (χ0v) is 14.5. The molecule has 0 atom stereocenters. The predicted molar refractivity (Wildman–Crippen MR) is 96.5 cm³/mol. The molecule has 0 saturated heterocycles. The van der Waals surface area contributed by atoms with Crippen LogP contribution in [0.4, 0.5) is 5.69 Å². The van der Waals surface area contributed by atoms with E-state index in [1.807, 2.05) is 23.7 Å². The molecule has 0 aromatic carbocycles. The summed E-state index contributed by atoms with van der Waals surface area (Å²) in [6.45, 7) is 3.11. The SMILES string of the molecule is CCn1nc(C2CCCCC2)c2c1C(=O)NCC(c1ccncc1)=N2. The Morgan fingerprint density at radius 3 is 2.68 bits per heavy atom. The van der Waals surface area contributed by atoms with Gasteiger partial charge in [0.1, 0.15) is 5.69 Å². The van der Waals surface area contributed by atoms with E-state index in [2.05, 4.69) is 10.3 Å². The number of aryl methyl sites for hydroxylation is 1. The third kappa shape index (κ3) is 2.97. The fourth-order valence-corrected chi connectivity index (χ4v) is 3.82. The van der Waals surface area contributed by atoms with Crippen LogP contribution in [-0.2, 0) is 6.54 Å². The lowest BCUT2D eigenvalue weighted by Crippen LogP contribution is -2.29. The maximum Gasteiger partial charge on any atom is 0.272 e. The van der Waals surface area contributed by atoms with Crippen molar-refractivity contribution in [1.82, 2.24) is 20.1 Å². The zero-order valence-electron chi connectivity index (χ0n) is 14.5. The smallest absolute Gasteiger partial charge is 0.272 e. The van der Waals surface area contributed by atoms with Crippen LogP contribution in [-0.4, -0.2) is 32.9 Å². The van der Waals surface area contributed by atoms with E-state index in [9.17, 15) is 4.79 Å². The number of aromatic nitrogens is 3. The molecule has 1 saturated carbocycles. The number of hydrogen-bond acceptors (Lipinski definition) is 4. The van der Waals surface area contributed by atoms with E-state index < -0.39 is 0 Å². The molecule has 0 radical (unpaired) electrons. The summed E-state index contributed by atoms with van der Waals surface area (Å²) in [5.41, 5.74) is 4.23. The Morgan fingerprint density at radius 2 is 1.96 bits per heavy atom. The Bertz CT molecular complexity index is 803. The van der Waals surface area contributed by atoms with Gasteiger partial charge in [0.25, 0.3) is 5.91 Å². The summed E-state index contributed by atoms with van der Waals surface area (Å²) in [4.78, 5) is 21.7. The molecule has 6 nitrogen and oxygen atoms in total. The summed E-state index contributed by atoms with van der Waals surface area (Å²) in [5.74, 6) is 0.322. The molecule has 4 rings (SSSR count). The topological polar surface area (TPSA) is 72.2 Å². The third-order valence-corrected chi connectivity index (χ3v) is 5.14. The average molecular weight is 337 g/mol. The van der Waals surface area contributed by atoms with Crippen LogP contribution < -0.4 is 5.32 Å². The number of carbonyl (C=O) groups excluding carboxylic acids is 1. The van der Waals surface area contributed by atoms with Gasteiger partial charge in [0.2, 0.25) is 0 Å². The first kappa shape index (κ1) is 16.0. The maximum atomic E-state index is 12.7. The molecular weight excluding hydrogens is 314 g/mol. The molecule has 0 unspecified atom stereocenters. The normalized spacial score (nSPS) is 18.3. The number of hydrogen-bond donors (Lipinski definition) is 1. The van der Waals surface area contributed by atoms with Gasteiger partial charge in [-0.3, -0.25) is 14.5 Å². The molecule has 2 aliphatic rings. The fourth-order valence-electron chi connectivity index (χ4n) is 3.82. The van der Waals surface area contributed by atoms with Gasteiger partial charge < -0.3 is 5.32 Å². The van der Waals surface area contributed by atoms with Crippen molar-refractivity contribution in [2.75, 3.05) is 6.54 Å². The van der Waals surface area contributed by atoms with Gasteiger partial charge in [-0.25, -0.2) is 4.99 Å². The van der Waals surface area contributed by atoms with Gasteiger partial charge in [-0.15, -0.1) is 0 Å². The molecule has 3 heterocycles. The van der Waals surface area contributed by atoms with Crippen LogP contribution in [0.15, 0.2) is 29.5 Å². The van der Waals surface area contributed by atoms with E-state index in [1.54, 1.807) is 12.4 Å². The van der Waals surface area contributed by atoms with E-state index in [0.717, 1.165) is 35.5 Å². The summed E-state index contributed by atoms with van der Waals surface area (Å²) in [5, 5.41) is 7.78. The summed E-state index contributed by atoms with van der Waals surface area (Å²) in [6, 6.07) is 3.86. The molecule has 1 aliphatic heterocycles. The Labute approximate surface area is 147 Å². The van der Waals surface area contributed by atoms with Crippen molar-refractivity contribution in [2.45, 2.75) is 51.5 Å². The number of nitrogens with zero attached hydrogens (tertiary/aromatic N) is 4. The predicted octanol–water partition coefficient (Wildman–Crippen LogP) is 3.21. The van der Waals surface area contributed by atoms with Crippen LogP contribution in [0.5, 0.6) is 0 Å². The van der Waals surface area contributed by atoms with Crippen LogP contribution in [0.2, 0.25) is 0 Å². The molecule has 0 bridgehead atoms. The Morgan fingerprint density at radius 1 is 1.20 bits per heavy atom. The first-order chi connectivity index (χ1) is 12.3. The average Bonchev–Trinajstić information content (AvgIpc) is 2.95. The lowest BCUT2D eigenvalue weighted by Gasteiger charge is -2.20. The van der Waals surface area contributed by atoms with Gasteiger partial charge in [0.15, 0.2) is 5.69 Å². The Hall–Kier alpha value is -2.50. The highest BCUT2D eigenvalue weighted by Crippen LogP contribution is 2.39. The minimum Gasteiger partial charge on any atom is -0.345 e. The second-order valence-electron chi connectivity index (χ2n) is 6.71. The quantitative estimate of drug-likeness (QED) is 0.935. The number of carbonyl (C=O) groups is 1. The van der Waals surface area contributed by atoms with E-state index in [0.29, 0.717) is 24.7 Å². The first-order valence-electron chi connectivity index (χ1n) is 9.14. The van der Waals surface area contributed by atoms with Crippen molar-refractivity contribution in [3.8, 4) is 0 Å².